The van der Waals surface area contributed by atoms with Crippen LogP contribution in [0.15, 0.2) is 36.0 Å². The van der Waals surface area contributed by atoms with Gasteiger partial charge in [-0.15, -0.1) is 0 Å². The fourth-order valence-electron chi connectivity index (χ4n) is 2.33. The van der Waals surface area contributed by atoms with Crippen LogP contribution in [-0.2, 0) is 0 Å². The zero-order chi connectivity index (χ0) is 12.4. The molecule has 0 spiro atoms. The number of rotatable bonds is 3. The van der Waals surface area contributed by atoms with Gasteiger partial charge in [0.15, 0.2) is 0 Å². The van der Waals surface area contributed by atoms with E-state index in [2.05, 4.69) is 33.4 Å². The van der Waals surface area contributed by atoms with Gasteiger partial charge >= 0.3 is 0 Å². The highest BCUT2D eigenvalue weighted by atomic mass is 16.3. The van der Waals surface area contributed by atoms with Crippen molar-refractivity contribution in [2.75, 3.05) is 0 Å². The van der Waals surface area contributed by atoms with Gasteiger partial charge in [0.05, 0.1) is 5.60 Å². The third-order valence-electron chi connectivity index (χ3n) is 3.54. The third-order valence-corrected chi connectivity index (χ3v) is 3.54. The molecule has 1 rings (SSSR count). The van der Waals surface area contributed by atoms with E-state index in [0.717, 1.165) is 0 Å². The fourth-order valence-corrected chi connectivity index (χ4v) is 2.33. The van der Waals surface area contributed by atoms with Crippen LogP contribution in [0.3, 0.4) is 0 Å². The van der Waals surface area contributed by atoms with E-state index in [1.165, 1.54) is 30.4 Å². The average Bonchev–Trinajstić information content (AvgIpc) is 2.16. The molecule has 0 aromatic rings. The van der Waals surface area contributed by atoms with Crippen LogP contribution in [0.25, 0.3) is 0 Å². The normalized spacial score (nSPS) is 24.6. The van der Waals surface area contributed by atoms with Gasteiger partial charge in [-0.1, -0.05) is 38.2 Å². The van der Waals surface area contributed by atoms with Crippen LogP contribution in [0.5, 0.6) is 0 Å². The van der Waals surface area contributed by atoms with E-state index in [4.69, 9.17) is 0 Å². The third kappa shape index (κ3) is 3.08. The maximum absolute atomic E-state index is 9.88. The molecular weight excluding hydrogens is 196 g/mol. The molecule has 0 amide bonds. The van der Waals surface area contributed by atoms with Crippen LogP contribution in [0.2, 0.25) is 0 Å². The molecule has 0 bridgehead atoms. The first kappa shape index (κ1) is 13.2. The highest BCUT2D eigenvalue weighted by Crippen LogP contribution is 2.40. The lowest BCUT2D eigenvalue weighted by Gasteiger charge is -2.33. The summed E-state index contributed by atoms with van der Waals surface area (Å²) in [6.45, 7) is 12.1. The van der Waals surface area contributed by atoms with Crippen molar-refractivity contribution in [3.05, 3.63) is 36.0 Å². The van der Waals surface area contributed by atoms with E-state index in [0.29, 0.717) is 0 Å². The summed E-state index contributed by atoms with van der Waals surface area (Å²) in [5.74, 6) is 0. The molecule has 0 saturated carbocycles. The summed E-state index contributed by atoms with van der Waals surface area (Å²) in [6.07, 6.45) is 9.16. The minimum atomic E-state index is -0.902. The molecule has 1 aliphatic rings. The predicted molar refractivity (Wildman–Crippen MR) is 70.3 cm³/mol. The Balaban J connectivity index is 2.98. The van der Waals surface area contributed by atoms with Gasteiger partial charge in [0.2, 0.25) is 0 Å². The molecule has 1 atom stereocenters. The van der Waals surface area contributed by atoms with Crippen LogP contribution in [0.4, 0.5) is 0 Å². The molecule has 0 radical (unpaired) electrons. The Labute approximate surface area is 99.6 Å². The Morgan fingerprint density at radius 1 is 1.44 bits per heavy atom. The maximum atomic E-state index is 9.88. The second-order valence-corrected chi connectivity index (χ2v) is 5.69. The monoisotopic (exact) mass is 220 g/mol. The molecule has 1 N–H and O–H groups in total. The summed E-state index contributed by atoms with van der Waals surface area (Å²) >= 11 is 0. The van der Waals surface area contributed by atoms with Gasteiger partial charge < -0.3 is 5.11 Å². The van der Waals surface area contributed by atoms with Crippen LogP contribution >= 0.6 is 0 Å². The van der Waals surface area contributed by atoms with Crippen molar-refractivity contribution >= 4 is 0 Å². The molecule has 1 nitrogen and oxygen atoms in total. The summed E-state index contributed by atoms with van der Waals surface area (Å²) in [4.78, 5) is 0. The number of allylic oxidation sites excluding steroid dienone is 3. The Hall–Kier alpha value is -0.820. The summed E-state index contributed by atoms with van der Waals surface area (Å²) in [7, 11) is 0. The van der Waals surface area contributed by atoms with Gasteiger partial charge in [0.1, 0.15) is 0 Å². The standard InChI is InChI=1S/C15H24O/c1-6-15(5,16)11-9-13-12(2)8-7-10-14(13,3)4/h6,9,11,16H,1,7-8,10H2,2-5H3/b11-9+/t15-/m0/s1. The Bertz CT molecular complexity index is 329. The first-order chi connectivity index (χ1) is 7.28. The Morgan fingerprint density at radius 2 is 2.06 bits per heavy atom. The molecular formula is C15H24O. The summed E-state index contributed by atoms with van der Waals surface area (Å²) in [5.41, 5.74) is 2.16. The quantitative estimate of drug-likeness (QED) is 0.713. The largest absolute Gasteiger partial charge is 0.382 e. The zero-order valence-electron chi connectivity index (χ0n) is 11.0. The zero-order valence-corrected chi connectivity index (χ0v) is 11.0. The Morgan fingerprint density at radius 3 is 2.56 bits per heavy atom. The van der Waals surface area contributed by atoms with E-state index in [1.54, 1.807) is 13.0 Å². The SMILES string of the molecule is C=C[C@](C)(O)/C=C/C1=C(C)CCCC1(C)C. The summed E-state index contributed by atoms with van der Waals surface area (Å²) in [6, 6.07) is 0. The summed E-state index contributed by atoms with van der Waals surface area (Å²) < 4.78 is 0. The topological polar surface area (TPSA) is 20.2 Å². The van der Waals surface area contributed by atoms with Crippen LogP contribution in [0, 0.1) is 5.41 Å². The molecule has 0 unspecified atom stereocenters. The van der Waals surface area contributed by atoms with E-state index >= 15 is 0 Å². The van der Waals surface area contributed by atoms with E-state index < -0.39 is 5.60 Å². The van der Waals surface area contributed by atoms with E-state index in [9.17, 15) is 5.11 Å². The van der Waals surface area contributed by atoms with Crippen molar-refractivity contribution in [1.82, 2.24) is 0 Å². The highest BCUT2D eigenvalue weighted by molar-refractivity contribution is 5.34. The van der Waals surface area contributed by atoms with E-state index in [1.807, 2.05) is 6.08 Å². The lowest BCUT2D eigenvalue weighted by molar-refractivity contribution is 0.164. The second-order valence-electron chi connectivity index (χ2n) is 5.69. The minimum absolute atomic E-state index is 0.232. The maximum Gasteiger partial charge on any atom is 0.0981 e. The van der Waals surface area contributed by atoms with Gasteiger partial charge in [0, 0.05) is 0 Å². The molecule has 0 fully saturated rings. The van der Waals surface area contributed by atoms with Crippen molar-refractivity contribution in [3.8, 4) is 0 Å². The van der Waals surface area contributed by atoms with Gasteiger partial charge in [-0.05, 0) is 50.2 Å². The molecule has 1 aliphatic carbocycles. The molecule has 1 heteroatoms. The fraction of sp³-hybridized carbons (Fsp3) is 0.600. The van der Waals surface area contributed by atoms with Crippen molar-refractivity contribution < 1.29 is 5.11 Å². The molecule has 0 heterocycles. The predicted octanol–water partition coefficient (Wildman–Crippen LogP) is 4.01. The number of hydrogen-bond acceptors (Lipinski definition) is 1. The molecule has 0 aromatic heterocycles. The average molecular weight is 220 g/mol. The van der Waals surface area contributed by atoms with E-state index in [-0.39, 0.29) is 5.41 Å². The number of hydrogen-bond donors (Lipinski definition) is 1. The number of aliphatic hydroxyl groups is 1. The van der Waals surface area contributed by atoms with Gasteiger partial charge in [-0.25, -0.2) is 0 Å². The molecule has 90 valence electrons. The second kappa shape index (κ2) is 4.58. The molecule has 0 saturated heterocycles. The van der Waals surface area contributed by atoms with Crippen LogP contribution < -0.4 is 0 Å². The first-order valence-corrected chi connectivity index (χ1v) is 6.04. The lowest BCUT2D eigenvalue weighted by Crippen LogP contribution is -2.21. The van der Waals surface area contributed by atoms with Crippen molar-refractivity contribution in [2.45, 2.75) is 52.6 Å². The summed E-state index contributed by atoms with van der Waals surface area (Å²) in [5, 5.41) is 9.88. The smallest absolute Gasteiger partial charge is 0.0981 e. The molecule has 16 heavy (non-hydrogen) atoms. The van der Waals surface area contributed by atoms with Crippen molar-refractivity contribution in [3.63, 3.8) is 0 Å². The highest BCUT2D eigenvalue weighted by Gasteiger charge is 2.27. The van der Waals surface area contributed by atoms with Crippen LogP contribution in [0.1, 0.15) is 47.0 Å². The van der Waals surface area contributed by atoms with Gasteiger partial charge in [-0.2, -0.15) is 0 Å². The van der Waals surface area contributed by atoms with Gasteiger partial charge in [0.25, 0.3) is 0 Å². The minimum Gasteiger partial charge on any atom is -0.382 e. The lowest BCUT2D eigenvalue weighted by atomic mass is 9.72. The van der Waals surface area contributed by atoms with Crippen molar-refractivity contribution in [1.29, 1.82) is 0 Å². The molecule has 0 aliphatic heterocycles. The van der Waals surface area contributed by atoms with Gasteiger partial charge in [-0.3, -0.25) is 0 Å². The Kier molecular flexibility index (Phi) is 3.80. The van der Waals surface area contributed by atoms with Crippen LogP contribution in [-0.4, -0.2) is 10.7 Å². The molecule has 0 aromatic carbocycles. The first-order valence-electron chi connectivity index (χ1n) is 6.04. The van der Waals surface area contributed by atoms with Crippen molar-refractivity contribution in [2.24, 2.45) is 5.41 Å².